The van der Waals surface area contributed by atoms with Crippen molar-refractivity contribution in [3.05, 3.63) is 12.3 Å². The summed E-state index contributed by atoms with van der Waals surface area (Å²) in [5.41, 5.74) is 0.243. The van der Waals surface area contributed by atoms with Crippen molar-refractivity contribution in [2.45, 2.75) is 26.7 Å². The number of rotatable bonds is 3. The van der Waals surface area contributed by atoms with Crippen molar-refractivity contribution >= 4 is 10.8 Å². The first-order valence-electron chi connectivity index (χ1n) is 4.74. The fourth-order valence-electron chi connectivity index (χ4n) is 1.44. The van der Waals surface area contributed by atoms with E-state index in [-0.39, 0.29) is 5.41 Å². The summed E-state index contributed by atoms with van der Waals surface area (Å²) in [7, 11) is -0.568. The Kier molecular flexibility index (Phi) is 3.97. The number of ether oxygens (including phenoxy) is 1. The maximum atomic E-state index is 11.1. The van der Waals surface area contributed by atoms with E-state index in [0.29, 0.717) is 0 Å². The van der Waals surface area contributed by atoms with Crippen LogP contribution >= 0.6 is 0 Å². The molecular formula is C10H18O2S. The lowest BCUT2D eigenvalue weighted by Crippen LogP contribution is -2.31. The normalized spacial score (nSPS) is 35.1. The molecule has 0 spiro atoms. The molecule has 1 aliphatic rings. The van der Waals surface area contributed by atoms with Crippen molar-refractivity contribution < 1.29 is 8.95 Å². The summed E-state index contributed by atoms with van der Waals surface area (Å²) in [6.45, 7) is 4.92. The lowest BCUT2D eigenvalue weighted by molar-refractivity contribution is 0.113. The molecular weight excluding hydrogens is 184 g/mol. The Morgan fingerprint density at radius 1 is 1.46 bits per heavy atom. The second kappa shape index (κ2) is 4.80. The topological polar surface area (TPSA) is 26.3 Å². The zero-order valence-corrected chi connectivity index (χ0v) is 9.23. The Labute approximate surface area is 82.8 Å². The zero-order chi connectivity index (χ0) is 9.73. The molecule has 0 aromatic heterocycles. The van der Waals surface area contributed by atoms with Crippen LogP contribution in [0.5, 0.6) is 0 Å². The molecule has 3 heteroatoms. The van der Waals surface area contributed by atoms with Crippen molar-refractivity contribution in [1.29, 1.82) is 0 Å². The lowest BCUT2D eigenvalue weighted by Gasteiger charge is -2.32. The van der Waals surface area contributed by atoms with Crippen molar-refractivity contribution in [3.8, 4) is 0 Å². The summed E-state index contributed by atoms with van der Waals surface area (Å²) >= 11 is 0. The molecule has 0 aromatic rings. The molecule has 0 N–H and O–H groups in total. The van der Waals surface area contributed by atoms with Crippen LogP contribution in [0, 0.1) is 5.41 Å². The van der Waals surface area contributed by atoms with Crippen LogP contribution in [-0.2, 0) is 15.5 Å². The van der Waals surface area contributed by atoms with Gasteiger partial charge in [-0.1, -0.05) is 13.0 Å². The van der Waals surface area contributed by atoms with E-state index in [9.17, 15) is 4.21 Å². The highest BCUT2D eigenvalue weighted by Gasteiger charge is 2.29. The molecule has 1 aliphatic heterocycles. The highest BCUT2D eigenvalue weighted by Crippen LogP contribution is 2.30. The van der Waals surface area contributed by atoms with Crippen LogP contribution in [0.4, 0.5) is 0 Å². The maximum absolute atomic E-state index is 11.1. The summed E-state index contributed by atoms with van der Waals surface area (Å²) in [5.74, 6) is 1.69. The molecule has 2 nitrogen and oxygen atoms in total. The van der Waals surface area contributed by atoms with E-state index in [1.54, 1.807) is 6.26 Å². The van der Waals surface area contributed by atoms with E-state index in [1.807, 2.05) is 13.0 Å². The predicted octanol–water partition coefficient (Wildman–Crippen LogP) is 2.09. The van der Waals surface area contributed by atoms with E-state index in [2.05, 4.69) is 6.92 Å². The molecule has 13 heavy (non-hydrogen) atoms. The van der Waals surface area contributed by atoms with Gasteiger partial charge in [-0.05, 0) is 19.8 Å². The minimum atomic E-state index is -0.568. The van der Waals surface area contributed by atoms with Gasteiger partial charge in [0, 0.05) is 27.7 Å². The van der Waals surface area contributed by atoms with Crippen molar-refractivity contribution in [1.82, 2.24) is 0 Å². The van der Waals surface area contributed by atoms with Gasteiger partial charge in [-0.15, -0.1) is 0 Å². The van der Waals surface area contributed by atoms with Gasteiger partial charge in [-0.25, -0.2) is 0 Å². The number of allylic oxidation sites excluding steroid dienone is 1. The first-order chi connectivity index (χ1) is 6.16. The fourth-order valence-corrected chi connectivity index (χ4v) is 3.08. The molecule has 0 bridgehead atoms. The Morgan fingerprint density at radius 3 is 2.62 bits per heavy atom. The molecule has 1 rings (SSSR count). The van der Waals surface area contributed by atoms with E-state index in [4.69, 9.17) is 4.74 Å². The Balaban J connectivity index is 2.34. The SMILES string of the molecule is C/C=C/OCC1(C)CCS(=O)CC1. The smallest absolute Gasteiger partial charge is 0.0927 e. The third-order valence-corrected chi connectivity index (χ3v) is 3.85. The highest BCUT2D eigenvalue weighted by molar-refractivity contribution is 7.85. The summed E-state index contributed by atoms with van der Waals surface area (Å²) < 4.78 is 16.5. The van der Waals surface area contributed by atoms with Crippen LogP contribution in [0.2, 0.25) is 0 Å². The van der Waals surface area contributed by atoms with Gasteiger partial charge in [0.15, 0.2) is 0 Å². The first kappa shape index (κ1) is 10.8. The van der Waals surface area contributed by atoms with E-state index < -0.39 is 10.8 Å². The monoisotopic (exact) mass is 202 g/mol. The molecule has 1 saturated heterocycles. The summed E-state index contributed by atoms with van der Waals surface area (Å²) in [5, 5.41) is 0. The zero-order valence-electron chi connectivity index (χ0n) is 8.41. The Hall–Kier alpha value is -0.310. The number of hydrogen-bond acceptors (Lipinski definition) is 2. The molecule has 0 radical (unpaired) electrons. The van der Waals surface area contributed by atoms with E-state index in [1.165, 1.54) is 0 Å². The third kappa shape index (κ3) is 3.51. The third-order valence-electron chi connectivity index (χ3n) is 2.53. The predicted molar refractivity (Wildman–Crippen MR) is 56.0 cm³/mol. The van der Waals surface area contributed by atoms with Gasteiger partial charge >= 0.3 is 0 Å². The van der Waals surface area contributed by atoms with Gasteiger partial charge in [0.05, 0.1) is 12.9 Å². The summed E-state index contributed by atoms with van der Waals surface area (Å²) in [6.07, 6.45) is 5.68. The van der Waals surface area contributed by atoms with Crippen LogP contribution in [0.3, 0.4) is 0 Å². The van der Waals surface area contributed by atoms with E-state index in [0.717, 1.165) is 31.0 Å². The summed E-state index contributed by atoms with van der Waals surface area (Å²) in [6, 6.07) is 0. The quantitative estimate of drug-likeness (QED) is 0.655. The minimum Gasteiger partial charge on any atom is -0.501 e. The Bertz CT molecular complexity index is 201. The molecule has 1 heterocycles. The van der Waals surface area contributed by atoms with Crippen molar-refractivity contribution in [2.75, 3.05) is 18.1 Å². The van der Waals surface area contributed by atoms with Gasteiger partial charge in [0.1, 0.15) is 0 Å². The molecule has 0 saturated carbocycles. The standard InChI is InChI=1S/C10H18O2S/c1-3-6-12-9-10(2)4-7-13(11)8-5-10/h3,6H,4-5,7-9H2,1-2H3/b6-3+. The second-order valence-corrected chi connectivity index (χ2v) is 5.64. The van der Waals surface area contributed by atoms with Gasteiger partial charge in [0.25, 0.3) is 0 Å². The van der Waals surface area contributed by atoms with Gasteiger partial charge in [-0.3, -0.25) is 4.21 Å². The summed E-state index contributed by atoms with van der Waals surface area (Å²) in [4.78, 5) is 0. The average molecular weight is 202 g/mol. The van der Waals surface area contributed by atoms with Crippen molar-refractivity contribution in [2.24, 2.45) is 5.41 Å². The molecule has 0 aromatic carbocycles. The fraction of sp³-hybridized carbons (Fsp3) is 0.800. The molecule has 76 valence electrons. The average Bonchev–Trinajstić information content (AvgIpc) is 2.12. The number of hydrogen-bond donors (Lipinski definition) is 0. The molecule has 0 atom stereocenters. The minimum absolute atomic E-state index is 0.243. The molecule has 1 fully saturated rings. The van der Waals surface area contributed by atoms with Gasteiger partial charge in [0.2, 0.25) is 0 Å². The van der Waals surface area contributed by atoms with Crippen LogP contribution in [-0.4, -0.2) is 22.3 Å². The lowest BCUT2D eigenvalue weighted by atomic mass is 9.85. The largest absolute Gasteiger partial charge is 0.501 e. The van der Waals surface area contributed by atoms with Crippen LogP contribution < -0.4 is 0 Å². The Morgan fingerprint density at radius 2 is 2.08 bits per heavy atom. The van der Waals surface area contributed by atoms with Crippen molar-refractivity contribution in [3.63, 3.8) is 0 Å². The van der Waals surface area contributed by atoms with E-state index >= 15 is 0 Å². The highest BCUT2D eigenvalue weighted by atomic mass is 32.2. The molecule has 0 unspecified atom stereocenters. The first-order valence-corrected chi connectivity index (χ1v) is 6.23. The molecule has 0 amide bonds. The van der Waals surface area contributed by atoms with Gasteiger partial charge in [-0.2, -0.15) is 0 Å². The van der Waals surface area contributed by atoms with Crippen LogP contribution in [0.25, 0.3) is 0 Å². The van der Waals surface area contributed by atoms with Crippen LogP contribution in [0.1, 0.15) is 26.7 Å². The van der Waals surface area contributed by atoms with Crippen LogP contribution in [0.15, 0.2) is 12.3 Å². The molecule has 0 aliphatic carbocycles. The second-order valence-electron chi connectivity index (χ2n) is 3.94. The van der Waals surface area contributed by atoms with Gasteiger partial charge < -0.3 is 4.74 Å². The maximum Gasteiger partial charge on any atom is 0.0927 e.